The van der Waals surface area contributed by atoms with Crippen LogP contribution in [0.5, 0.6) is 0 Å². The van der Waals surface area contributed by atoms with Crippen molar-refractivity contribution in [3.05, 3.63) is 22.8 Å². The molecule has 0 saturated carbocycles. The summed E-state index contributed by atoms with van der Waals surface area (Å²) in [7, 11) is 0. The van der Waals surface area contributed by atoms with Gasteiger partial charge in [-0.1, -0.05) is 18.5 Å². The predicted molar refractivity (Wildman–Crippen MR) is 75.7 cm³/mol. The average molecular weight is 324 g/mol. The van der Waals surface area contributed by atoms with Gasteiger partial charge in [0.15, 0.2) is 0 Å². The van der Waals surface area contributed by atoms with E-state index in [0.717, 1.165) is 4.90 Å². The quantitative estimate of drug-likeness (QED) is 0.870. The molecule has 1 N–H and O–H groups in total. The molecule has 21 heavy (non-hydrogen) atoms. The molecule has 0 saturated heterocycles. The summed E-state index contributed by atoms with van der Waals surface area (Å²) in [4.78, 5) is 16.8. The summed E-state index contributed by atoms with van der Waals surface area (Å²) in [5.74, 6) is -0.333. The Labute approximate surface area is 126 Å². The number of hydrogen-bond acceptors (Lipinski definition) is 3. The van der Waals surface area contributed by atoms with E-state index in [9.17, 15) is 18.0 Å². The molecule has 0 aliphatic rings. The highest BCUT2D eigenvalue weighted by atomic mass is 35.5. The Morgan fingerprint density at radius 2 is 2.10 bits per heavy atom. The zero-order chi connectivity index (χ0) is 16.0. The lowest BCUT2D eigenvalue weighted by atomic mass is 10.2. The van der Waals surface area contributed by atoms with Crippen molar-refractivity contribution >= 4 is 23.3 Å². The third kappa shape index (κ3) is 5.41. The third-order valence-electron chi connectivity index (χ3n) is 2.58. The number of aromatic nitrogens is 1. The molecular formula is C13H17ClF3N3O. The number of amides is 1. The van der Waals surface area contributed by atoms with Gasteiger partial charge in [-0.25, -0.2) is 4.98 Å². The van der Waals surface area contributed by atoms with E-state index in [2.05, 4.69) is 10.3 Å². The highest BCUT2D eigenvalue weighted by Gasteiger charge is 2.33. The third-order valence-corrected chi connectivity index (χ3v) is 2.87. The lowest BCUT2D eigenvalue weighted by molar-refractivity contribution is -0.140. The van der Waals surface area contributed by atoms with Crippen LogP contribution in [0.1, 0.15) is 30.6 Å². The predicted octanol–water partition coefficient (Wildman–Crippen LogP) is 3.58. The van der Waals surface area contributed by atoms with E-state index < -0.39 is 18.6 Å². The first kappa shape index (κ1) is 17.6. The van der Waals surface area contributed by atoms with Crippen LogP contribution in [0.25, 0.3) is 0 Å². The number of rotatable bonds is 6. The van der Waals surface area contributed by atoms with Gasteiger partial charge in [0.05, 0.1) is 10.6 Å². The van der Waals surface area contributed by atoms with E-state index in [1.165, 1.54) is 12.3 Å². The second-order valence-electron chi connectivity index (χ2n) is 4.43. The molecule has 0 aromatic carbocycles. The van der Waals surface area contributed by atoms with Crippen LogP contribution in [-0.2, 0) is 0 Å². The fourth-order valence-electron chi connectivity index (χ4n) is 1.77. The molecule has 0 radical (unpaired) electrons. The summed E-state index contributed by atoms with van der Waals surface area (Å²) >= 11 is 5.95. The number of carbonyl (C=O) groups excluding carboxylic acids is 1. The summed E-state index contributed by atoms with van der Waals surface area (Å²) in [6.07, 6.45) is -2.78. The number of pyridine rings is 1. The molecule has 1 rings (SSSR count). The molecule has 0 atom stereocenters. The van der Waals surface area contributed by atoms with Crippen LogP contribution < -0.4 is 5.32 Å². The largest absolute Gasteiger partial charge is 0.406 e. The summed E-state index contributed by atoms with van der Waals surface area (Å²) in [6.45, 7) is 2.88. The van der Waals surface area contributed by atoms with Crippen LogP contribution in [0.4, 0.5) is 19.0 Å². The number of hydrogen-bond donors (Lipinski definition) is 1. The van der Waals surface area contributed by atoms with Gasteiger partial charge in [-0.05, 0) is 19.4 Å². The second-order valence-corrected chi connectivity index (χ2v) is 4.83. The van der Waals surface area contributed by atoms with Crippen LogP contribution in [0.2, 0.25) is 5.02 Å². The van der Waals surface area contributed by atoms with Crippen molar-refractivity contribution in [2.24, 2.45) is 0 Å². The maximum atomic E-state index is 12.5. The van der Waals surface area contributed by atoms with Crippen molar-refractivity contribution in [1.82, 2.24) is 9.88 Å². The minimum absolute atomic E-state index is 0.0188. The van der Waals surface area contributed by atoms with Gasteiger partial charge in [-0.2, -0.15) is 13.2 Å². The molecule has 0 aliphatic carbocycles. The van der Waals surface area contributed by atoms with Crippen LogP contribution in [-0.4, -0.2) is 41.6 Å². The molecule has 0 aliphatic heterocycles. The standard InChI is InChI=1S/C13H17ClF3N3O/c1-3-5-20(8-13(15,16)17)12(21)9-6-10(14)11(18-4-2)19-7-9/h6-7H,3-5,8H2,1-2H3,(H,18,19). The van der Waals surface area contributed by atoms with Crippen molar-refractivity contribution in [2.45, 2.75) is 26.4 Å². The zero-order valence-corrected chi connectivity index (χ0v) is 12.6. The molecular weight excluding hydrogens is 307 g/mol. The minimum Gasteiger partial charge on any atom is -0.369 e. The van der Waals surface area contributed by atoms with Crippen LogP contribution in [0.3, 0.4) is 0 Å². The van der Waals surface area contributed by atoms with Crippen LogP contribution in [0.15, 0.2) is 12.3 Å². The molecule has 1 aromatic heterocycles. The Hall–Kier alpha value is -1.50. The average Bonchev–Trinajstić information content (AvgIpc) is 2.38. The van der Waals surface area contributed by atoms with Crippen molar-refractivity contribution < 1.29 is 18.0 Å². The van der Waals surface area contributed by atoms with Gasteiger partial charge in [0.2, 0.25) is 0 Å². The number of anilines is 1. The molecule has 8 heteroatoms. The van der Waals surface area contributed by atoms with Crippen LogP contribution >= 0.6 is 11.6 Å². The van der Waals surface area contributed by atoms with Gasteiger partial charge < -0.3 is 10.2 Å². The molecule has 0 fully saturated rings. The molecule has 0 unspecified atom stereocenters. The second kappa shape index (κ2) is 7.49. The highest BCUT2D eigenvalue weighted by Crippen LogP contribution is 2.22. The SMILES string of the molecule is CCCN(CC(F)(F)F)C(=O)c1cnc(NCC)c(Cl)c1. The number of nitrogens with zero attached hydrogens (tertiary/aromatic N) is 2. The Balaban J connectivity index is 2.95. The highest BCUT2D eigenvalue weighted by molar-refractivity contribution is 6.33. The minimum atomic E-state index is -4.44. The summed E-state index contributed by atoms with van der Waals surface area (Å²) < 4.78 is 37.5. The summed E-state index contributed by atoms with van der Waals surface area (Å²) in [5.41, 5.74) is 0.0411. The first-order valence-electron chi connectivity index (χ1n) is 6.54. The van der Waals surface area contributed by atoms with Gasteiger partial charge in [0.1, 0.15) is 12.4 Å². The molecule has 1 heterocycles. The van der Waals surface area contributed by atoms with Crippen molar-refractivity contribution in [1.29, 1.82) is 0 Å². The van der Waals surface area contributed by atoms with Gasteiger partial charge in [-0.3, -0.25) is 4.79 Å². The maximum absolute atomic E-state index is 12.5. The van der Waals surface area contributed by atoms with Crippen molar-refractivity contribution in [3.8, 4) is 0 Å². The Kier molecular flexibility index (Phi) is 6.26. The molecule has 118 valence electrons. The van der Waals surface area contributed by atoms with Crippen molar-refractivity contribution in [3.63, 3.8) is 0 Å². The van der Waals surface area contributed by atoms with Crippen molar-refractivity contribution in [2.75, 3.05) is 25.0 Å². The van der Waals surface area contributed by atoms with E-state index in [1.807, 2.05) is 6.92 Å². The van der Waals surface area contributed by atoms with E-state index in [-0.39, 0.29) is 17.1 Å². The monoisotopic (exact) mass is 323 g/mol. The zero-order valence-electron chi connectivity index (χ0n) is 11.8. The fourth-order valence-corrected chi connectivity index (χ4v) is 2.01. The topological polar surface area (TPSA) is 45.2 Å². The van der Waals surface area contributed by atoms with Gasteiger partial charge in [0.25, 0.3) is 5.91 Å². The molecule has 1 aromatic rings. The lowest BCUT2D eigenvalue weighted by Gasteiger charge is -2.23. The number of alkyl halides is 3. The molecule has 0 spiro atoms. The van der Waals surface area contributed by atoms with Gasteiger partial charge in [0, 0.05) is 19.3 Å². The van der Waals surface area contributed by atoms with Crippen LogP contribution in [0, 0.1) is 0 Å². The Bertz CT molecular complexity index is 494. The lowest BCUT2D eigenvalue weighted by Crippen LogP contribution is -2.39. The summed E-state index contributed by atoms with van der Waals surface area (Å²) in [6, 6.07) is 1.33. The Morgan fingerprint density at radius 1 is 1.43 bits per heavy atom. The molecule has 4 nitrogen and oxygen atoms in total. The van der Waals surface area contributed by atoms with Gasteiger partial charge >= 0.3 is 6.18 Å². The maximum Gasteiger partial charge on any atom is 0.406 e. The number of halogens is 4. The Morgan fingerprint density at radius 3 is 2.57 bits per heavy atom. The van der Waals surface area contributed by atoms with E-state index >= 15 is 0 Å². The van der Waals surface area contributed by atoms with Gasteiger partial charge in [-0.15, -0.1) is 0 Å². The van der Waals surface area contributed by atoms with E-state index in [1.54, 1.807) is 6.92 Å². The number of nitrogens with one attached hydrogen (secondary N) is 1. The first-order valence-corrected chi connectivity index (χ1v) is 6.91. The normalized spacial score (nSPS) is 11.3. The smallest absolute Gasteiger partial charge is 0.369 e. The summed E-state index contributed by atoms with van der Waals surface area (Å²) in [5, 5.41) is 3.09. The molecule has 1 amide bonds. The number of carbonyl (C=O) groups is 1. The van der Waals surface area contributed by atoms with E-state index in [0.29, 0.717) is 18.8 Å². The fraction of sp³-hybridized carbons (Fsp3) is 0.538. The van der Waals surface area contributed by atoms with E-state index in [4.69, 9.17) is 11.6 Å². The first-order chi connectivity index (χ1) is 9.78. The molecule has 0 bridgehead atoms.